The van der Waals surface area contributed by atoms with Gasteiger partial charge in [0.05, 0.1) is 0 Å². The average Bonchev–Trinajstić information content (AvgIpc) is 2.26. The van der Waals surface area contributed by atoms with Crippen molar-refractivity contribution in [2.75, 3.05) is 0 Å². The first kappa shape index (κ1) is 13.7. The summed E-state index contributed by atoms with van der Waals surface area (Å²) in [7, 11) is 0. The van der Waals surface area contributed by atoms with E-state index in [1.54, 1.807) is 6.08 Å². The zero-order valence-corrected chi connectivity index (χ0v) is 10.7. The molecule has 1 aromatic carbocycles. The van der Waals surface area contributed by atoms with Gasteiger partial charge in [-0.25, -0.2) is 0 Å². The van der Waals surface area contributed by atoms with Crippen molar-refractivity contribution in [1.82, 2.24) is 0 Å². The molecule has 4 heteroatoms. The topological polar surface area (TPSA) is 35.2 Å². The van der Waals surface area contributed by atoms with E-state index in [1.807, 2.05) is 30.3 Å². The van der Waals surface area contributed by atoms with Crippen LogP contribution in [0.1, 0.15) is 5.56 Å². The Kier molecular flexibility index (Phi) is 5.67. The molecule has 1 rings (SSSR count). The van der Waals surface area contributed by atoms with Gasteiger partial charge >= 0.3 is 0 Å². The van der Waals surface area contributed by atoms with Crippen molar-refractivity contribution >= 4 is 23.2 Å². The lowest BCUT2D eigenvalue weighted by Crippen LogP contribution is -1.95. The van der Waals surface area contributed by atoms with E-state index in [1.165, 1.54) is 6.08 Å². The van der Waals surface area contributed by atoms with Crippen molar-refractivity contribution in [1.29, 1.82) is 0 Å². The van der Waals surface area contributed by atoms with Gasteiger partial charge in [-0.2, -0.15) is 0 Å². The highest BCUT2D eigenvalue weighted by Gasteiger charge is 1.98. The molecule has 2 N–H and O–H groups in total. The van der Waals surface area contributed by atoms with E-state index >= 15 is 0 Å². The lowest BCUT2D eigenvalue weighted by atomic mass is 10.2. The normalized spacial score (nSPS) is 12.4. The molecule has 0 amide bonds. The van der Waals surface area contributed by atoms with Crippen molar-refractivity contribution in [2.24, 2.45) is 5.73 Å². The molecule has 0 heterocycles. The Morgan fingerprint density at radius 2 is 1.88 bits per heavy atom. The van der Waals surface area contributed by atoms with Crippen LogP contribution in [0.25, 0.3) is 0 Å². The highest BCUT2D eigenvalue weighted by Crippen LogP contribution is 2.12. The zero-order valence-electron chi connectivity index (χ0n) is 9.20. The minimum absolute atomic E-state index is 0.127. The van der Waals surface area contributed by atoms with Gasteiger partial charge in [0.25, 0.3) is 0 Å². The smallest absolute Gasteiger partial charge is 0.124 e. The minimum atomic E-state index is 0.127. The summed E-state index contributed by atoms with van der Waals surface area (Å²) in [5.41, 5.74) is 6.41. The summed E-state index contributed by atoms with van der Waals surface area (Å²) in [6, 6.07) is 9.74. The molecular weight excluding hydrogens is 257 g/mol. The SMILES string of the molecule is C=C(Cl)/C=C(\C=C(/N)Cl)OCc1ccccc1. The van der Waals surface area contributed by atoms with Crippen molar-refractivity contribution in [3.05, 3.63) is 70.6 Å². The molecule has 90 valence electrons. The fourth-order valence-corrected chi connectivity index (χ4v) is 1.37. The third-order valence-corrected chi connectivity index (χ3v) is 2.05. The molecule has 17 heavy (non-hydrogen) atoms. The van der Waals surface area contributed by atoms with Gasteiger partial charge in [-0.3, -0.25) is 0 Å². The fourth-order valence-electron chi connectivity index (χ4n) is 1.16. The molecule has 0 fully saturated rings. The lowest BCUT2D eigenvalue weighted by molar-refractivity contribution is 0.211. The van der Waals surface area contributed by atoms with Gasteiger partial charge in [0.2, 0.25) is 0 Å². The molecule has 0 aliphatic carbocycles. The predicted octanol–water partition coefficient (Wildman–Crippen LogP) is 3.88. The van der Waals surface area contributed by atoms with Crippen LogP contribution in [0.5, 0.6) is 0 Å². The van der Waals surface area contributed by atoms with Crippen LogP contribution in [0, 0.1) is 0 Å². The number of halogens is 2. The summed E-state index contributed by atoms with van der Waals surface area (Å²) in [4.78, 5) is 0. The summed E-state index contributed by atoms with van der Waals surface area (Å²) in [5, 5.41) is 0.476. The van der Waals surface area contributed by atoms with Crippen LogP contribution in [-0.4, -0.2) is 0 Å². The number of hydrogen-bond donors (Lipinski definition) is 1. The number of hydrogen-bond acceptors (Lipinski definition) is 2. The van der Waals surface area contributed by atoms with Gasteiger partial charge in [-0.15, -0.1) is 0 Å². The number of nitrogens with two attached hydrogens (primary N) is 1. The fraction of sp³-hybridized carbons (Fsp3) is 0.0769. The molecule has 0 aliphatic rings. The summed E-state index contributed by atoms with van der Waals surface area (Å²) in [6.07, 6.45) is 3.04. The maximum Gasteiger partial charge on any atom is 0.124 e. The Morgan fingerprint density at radius 1 is 1.24 bits per heavy atom. The second-order valence-electron chi connectivity index (χ2n) is 3.30. The predicted molar refractivity (Wildman–Crippen MR) is 72.4 cm³/mol. The molecule has 0 atom stereocenters. The van der Waals surface area contributed by atoms with Crippen LogP contribution in [0.15, 0.2) is 65.0 Å². The number of rotatable bonds is 5. The summed E-state index contributed by atoms with van der Waals surface area (Å²) < 4.78 is 5.52. The summed E-state index contributed by atoms with van der Waals surface area (Å²) in [5.74, 6) is 0.473. The van der Waals surface area contributed by atoms with Crippen molar-refractivity contribution in [3.8, 4) is 0 Å². The van der Waals surface area contributed by atoms with Crippen LogP contribution in [-0.2, 0) is 11.3 Å². The highest BCUT2D eigenvalue weighted by atomic mass is 35.5. The molecule has 0 aromatic heterocycles. The molecular formula is C13H13Cl2NO. The van der Waals surface area contributed by atoms with Crippen LogP contribution < -0.4 is 5.73 Å². The second-order valence-corrected chi connectivity index (χ2v) is 4.22. The van der Waals surface area contributed by atoms with E-state index in [0.717, 1.165) is 5.56 Å². The van der Waals surface area contributed by atoms with E-state index in [9.17, 15) is 0 Å². The monoisotopic (exact) mass is 269 g/mol. The first-order valence-corrected chi connectivity index (χ1v) is 5.69. The summed E-state index contributed by atoms with van der Waals surface area (Å²) >= 11 is 11.3. The maximum atomic E-state index is 5.67. The Balaban J connectivity index is 2.69. The molecule has 0 spiro atoms. The Hall–Kier alpha value is -1.38. The van der Waals surface area contributed by atoms with Gasteiger partial charge in [-0.05, 0) is 11.6 Å². The van der Waals surface area contributed by atoms with Crippen LogP contribution in [0.2, 0.25) is 0 Å². The minimum Gasteiger partial charge on any atom is -0.489 e. The number of benzene rings is 1. The van der Waals surface area contributed by atoms with E-state index in [-0.39, 0.29) is 5.16 Å². The Bertz CT molecular complexity index is 434. The number of allylic oxidation sites excluding steroid dienone is 3. The van der Waals surface area contributed by atoms with Crippen molar-refractivity contribution < 1.29 is 4.74 Å². The summed E-state index contributed by atoms with van der Waals surface area (Å²) in [6.45, 7) is 3.97. The molecule has 0 saturated carbocycles. The second kappa shape index (κ2) is 7.05. The molecule has 0 aliphatic heterocycles. The van der Waals surface area contributed by atoms with E-state index < -0.39 is 0 Å². The highest BCUT2D eigenvalue weighted by molar-refractivity contribution is 6.31. The van der Waals surface area contributed by atoms with Gasteiger partial charge < -0.3 is 10.5 Å². The molecule has 2 nitrogen and oxygen atoms in total. The van der Waals surface area contributed by atoms with Crippen molar-refractivity contribution in [2.45, 2.75) is 6.61 Å². The largest absolute Gasteiger partial charge is 0.489 e. The molecule has 0 bridgehead atoms. The van der Waals surface area contributed by atoms with E-state index in [2.05, 4.69) is 6.58 Å². The van der Waals surface area contributed by atoms with E-state index in [4.69, 9.17) is 33.7 Å². The van der Waals surface area contributed by atoms with Gasteiger partial charge in [-0.1, -0.05) is 60.1 Å². The molecule has 1 aromatic rings. The third kappa shape index (κ3) is 6.05. The number of ether oxygens (including phenoxy) is 1. The van der Waals surface area contributed by atoms with Gasteiger partial charge in [0.1, 0.15) is 17.5 Å². The van der Waals surface area contributed by atoms with Crippen LogP contribution in [0.3, 0.4) is 0 Å². The van der Waals surface area contributed by atoms with E-state index in [0.29, 0.717) is 17.4 Å². The standard InChI is InChI=1S/C13H13Cl2NO/c1-10(14)7-12(8-13(15)16)17-9-11-5-3-2-4-6-11/h2-8H,1,9,16H2/b12-7+,13-8-. The van der Waals surface area contributed by atoms with Crippen molar-refractivity contribution in [3.63, 3.8) is 0 Å². The third-order valence-electron chi connectivity index (χ3n) is 1.83. The quantitative estimate of drug-likeness (QED) is 0.500. The first-order valence-electron chi connectivity index (χ1n) is 4.93. The zero-order chi connectivity index (χ0) is 12.7. The lowest BCUT2D eigenvalue weighted by Gasteiger charge is -2.07. The van der Waals surface area contributed by atoms with Gasteiger partial charge in [0.15, 0.2) is 0 Å². The average molecular weight is 270 g/mol. The Morgan fingerprint density at radius 3 is 2.41 bits per heavy atom. The molecule has 0 unspecified atom stereocenters. The van der Waals surface area contributed by atoms with Crippen LogP contribution >= 0.6 is 23.2 Å². The van der Waals surface area contributed by atoms with Crippen LogP contribution in [0.4, 0.5) is 0 Å². The first-order chi connectivity index (χ1) is 8.08. The van der Waals surface area contributed by atoms with Gasteiger partial charge in [0, 0.05) is 11.1 Å². The Labute approximate surface area is 111 Å². The maximum absolute atomic E-state index is 5.67. The molecule has 0 radical (unpaired) electrons. The molecule has 0 saturated heterocycles.